The van der Waals surface area contributed by atoms with Crippen LogP contribution in [-0.2, 0) is 30.3 Å². The Kier molecular flexibility index (Phi) is 30.8. The summed E-state index contributed by atoms with van der Waals surface area (Å²) in [6.07, 6.45) is 30.0. The van der Waals surface area contributed by atoms with E-state index in [9.17, 15) is 19.2 Å². The smallest absolute Gasteiger partial charge is 0.333 e. The van der Waals surface area contributed by atoms with Crippen LogP contribution in [0.5, 0.6) is 0 Å². The average molecular weight is 794 g/mol. The van der Waals surface area contributed by atoms with Crippen molar-refractivity contribution in [3.8, 4) is 0 Å². The second kappa shape index (κ2) is 33.5. The van der Waals surface area contributed by atoms with Crippen molar-refractivity contribution in [2.45, 2.75) is 226 Å². The highest BCUT2D eigenvalue weighted by atomic mass is 16.6. The van der Waals surface area contributed by atoms with E-state index in [0.717, 1.165) is 88.2 Å². The molecule has 1 N–H and O–H groups in total. The molecule has 1 aromatic heterocycles. The molecule has 0 aromatic carbocycles. The van der Waals surface area contributed by atoms with Crippen LogP contribution >= 0.6 is 0 Å². The van der Waals surface area contributed by atoms with Crippen LogP contribution < -0.4 is 11.2 Å². The fraction of sp³-hybridized carbons (Fsp3) is 0.867. The van der Waals surface area contributed by atoms with Crippen molar-refractivity contribution in [3.63, 3.8) is 0 Å². The molecular formula is C45H83N3O8. The van der Waals surface area contributed by atoms with Gasteiger partial charge in [0.25, 0.3) is 5.56 Å². The summed E-state index contributed by atoms with van der Waals surface area (Å²) in [5, 5.41) is 8.79. The molecule has 0 bridgehead atoms. The molecule has 1 fully saturated rings. The number of likely N-dealkylation sites (N-methyl/N-ethyl adjacent to an activating group) is 1. The Morgan fingerprint density at radius 3 is 1.57 bits per heavy atom. The van der Waals surface area contributed by atoms with Gasteiger partial charge >= 0.3 is 17.6 Å². The number of nitrogens with zero attached hydrogens (tertiary/aromatic N) is 3. The van der Waals surface area contributed by atoms with E-state index in [4.69, 9.17) is 19.3 Å². The van der Waals surface area contributed by atoms with Crippen molar-refractivity contribution in [2.24, 2.45) is 0 Å². The second-order valence-corrected chi connectivity index (χ2v) is 16.2. The summed E-state index contributed by atoms with van der Waals surface area (Å²) in [5.41, 5.74) is -1.02. The van der Waals surface area contributed by atoms with Crippen molar-refractivity contribution in [1.29, 1.82) is 0 Å². The van der Waals surface area contributed by atoms with E-state index in [1.54, 1.807) is 0 Å². The molecule has 11 nitrogen and oxygen atoms in total. The van der Waals surface area contributed by atoms with Crippen LogP contribution in [-0.4, -0.2) is 76.6 Å². The zero-order chi connectivity index (χ0) is 41.4. The molecule has 2 heterocycles. The first-order valence-corrected chi connectivity index (χ1v) is 22.7. The molecule has 2 rings (SSSR count). The van der Waals surface area contributed by atoms with Crippen molar-refractivity contribution in [3.05, 3.63) is 33.1 Å². The van der Waals surface area contributed by atoms with Crippen LogP contribution in [0.2, 0.25) is 0 Å². The van der Waals surface area contributed by atoms with E-state index in [1.807, 2.05) is 14.1 Å². The summed E-state index contributed by atoms with van der Waals surface area (Å²) in [7, 11) is 3.97. The maximum Gasteiger partial charge on any atom is 0.333 e. The number of aromatic nitrogens is 2. The lowest BCUT2D eigenvalue weighted by molar-refractivity contribution is -0.153. The highest BCUT2D eigenvalue weighted by Crippen LogP contribution is 2.27. The molecule has 0 radical (unpaired) electrons. The minimum Gasteiger partial charge on any atom is -0.461 e. The fourth-order valence-electron chi connectivity index (χ4n) is 7.33. The first-order valence-electron chi connectivity index (χ1n) is 22.7. The van der Waals surface area contributed by atoms with Gasteiger partial charge in [-0.2, -0.15) is 0 Å². The zero-order valence-electron chi connectivity index (χ0n) is 36.6. The lowest BCUT2D eigenvalue weighted by Crippen LogP contribution is -2.42. The second-order valence-electron chi connectivity index (χ2n) is 16.2. The van der Waals surface area contributed by atoms with E-state index < -0.39 is 36.0 Å². The molecule has 326 valence electrons. The predicted octanol–water partition coefficient (Wildman–Crippen LogP) is 9.49. The van der Waals surface area contributed by atoms with Gasteiger partial charge in [-0.3, -0.25) is 14.2 Å². The van der Waals surface area contributed by atoms with Crippen LogP contribution in [0.1, 0.15) is 201 Å². The van der Waals surface area contributed by atoms with Crippen molar-refractivity contribution >= 4 is 11.9 Å². The SMILES string of the molecule is CCCCCCCCC(CCCCCC)OC(=O)CO.CCCCCCCCC(CCCCCC)OC(=O)Cn1c(=O)ccn(C2CCC(CN(C)C)O2)c1=O. The van der Waals surface area contributed by atoms with E-state index in [0.29, 0.717) is 6.42 Å². The van der Waals surface area contributed by atoms with E-state index >= 15 is 0 Å². The Morgan fingerprint density at radius 2 is 1.12 bits per heavy atom. The van der Waals surface area contributed by atoms with Crippen molar-refractivity contribution in [2.75, 3.05) is 27.2 Å². The third-order valence-electron chi connectivity index (χ3n) is 10.6. The molecule has 0 aliphatic carbocycles. The van der Waals surface area contributed by atoms with E-state index in [2.05, 4.69) is 32.6 Å². The van der Waals surface area contributed by atoms with Crippen LogP contribution in [0.15, 0.2) is 21.9 Å². The molecule has 1 aromatic rings. The summed E-state index contributed by atoms with van der Waals surface area (Å²) in [5.74, 6) is -0.993. The summed E-state index contributed by atoms with van der Waals surface area (Å²) in [6.45, 7) is 8.71. The number of hydrogen-bond donors (Lipinski definition) is 1. The van der Waals surface area contributed by atoms with Crippen LogP contribution in [0.4, 0.5) is 0 Å². The molecule has 1 saturated heterocycles. The van der Waals surface area contributed by atoms with Gasteiger partial charge in [-0.25, -0.2) is 14.2 Å². The molecule has 56 heavy (non-hydrogen) atoms. The third kappa shape index (κ3) is 24.3. The van der Waals surface area contributed by atoms with Crippen LogP contribution in [0.25, 0.3) is 0 Å². The summed E-state index contributed by atoms with van der Waals surface area (Å²) in [4.78, 5) is 51.7. The molecule has 1 aliphatic rings. The lowest BCUT2D eigenvalue weighted by atomic mass is 10.0. The minimum atomic E-state index is -0.523. The van der Waals surface area contributed by atoms with Crippen LogP contribution in [0, 0.1) is 0 Å². The molecule has 4 unspecified atom stereocenters. The van der Waals surface area contributed by atoms with Crippen LogP contribution in [0.3, 0.4) is 0 Å². The highest BCUT2D eigenvalue weighted by Gasteiger charge is 2.28. The zero-order valence-corrected chi connectivity index (χ0v) is 36.6. The van der Waals surface area contributed by atoms with E-state index in [1.165, 1.54) is 100 Å². The number of carbonyl (C=O) groups is 2. The fourth-order valence-corrected chi connectivity index (χ4v) is 7.33. The summed E-state index contributed by atoms with van der Waals surface area (Å²) in [6, 6.07) is 1.33. The molecule has 1 aliphatic heterocycles. The number of esters is 2. The molecule has 0 spiro atoms. The van der Waals surface area contributed by atoms with Gasteiger partial charge in [-0.05, 0) is 78.3 Å². The molecule has 0 saturated carbocycles. The van der Waals surface area contributed by atoms with Gasteiger partial charge in [0.1, 0.15) is 31.6 Å². The average Bonchev–Trinajstić information content (AvgIpc) is 3.63. The van der Waals surface area contributed by atoms with E-state index in [-0.39, 0.29) is 24.9 Å². The molecule has 4 atom stereocenters. The molecule has 0 amide bonds. The number of unbranched alkanes of at least 4 members (excludes halogenated alkanes) is 16. The quantitative estimate of drug-likeness (QED) is 0.0560. The maximum atomic E-state index is 13.1. The maximum absolute atomic E-state index is 13.1. The Labute approximate surface area is 340 Å². The van der Waals surface area contributed by atoms with Crippen molar-refractivity contribution in [1.82, 2.24) is 14.0 Å². The normalized spacial score (nSPS) is 16.4. The number of carbonyl (C=O) groups excluding carboxylic acids is 2. The Hall–Kier alpha value is -2.50. The lowest BCUT2D eigenvalue weighted by Gasteiger charge is -2.20. The third-order valence-corrected chi connectivity index (χ3v) is 10.6. The monoisotopic (exact) mass is 794 g/mol. The number of aliphatic hydroxyl groups excluding tert-OH is 1. The van der Waals surface area contributed by atoms with Gasteiger partial charge < -0.3 is 24.2 Å². The number of ether oxygens (including phenoxy) is 3. The number of aliphatic hydroxyl groups is 1. The molecule has 11 heteroatoms. The first kappa shape index (κ1) is 51.5. The Balaban J connectivity index is 0.000000666. The predicted molar refractivity (Wildman–Crippen MR) is 227 cm³/mol. The Bertz CT molecular complexity index is 1250. The largest absolute Gasteiger partial charge is 0.461 e. The van der Waals surface area contributed by atoms with Gasteiger partial charge in [0.05, 0.1) is 6.10 Å². The van der Waals surface area contributed by atoms with Gasteiger partial charge in [-0.15, -0.1) is 0 Å². The summed E-state index contributed by atoms with van der Waals surface area (Å²) >= 11 is 0. The van der Waals surface area contributed by atoms with Gasteiger partial charge in [0.2, 0.25) is 0 Å². The van der Waals surface area contributed by atoms with Crippen molar-refractivity contribution < 1.29 is 28.9 Å². The first-order chi connectivity index (χ1) is 27.1. The number of rotatable bonds is 32. The number of hydrogen-bond acceptors (Lipinski definition) is 9. The Morgan fingerprint density at radius 1 is 0.696 bits per heavy atom. The molecular weight excluding hydrogens is 711 g/mol. The van der Waals surface area contributed by atoms with Gasteiger partial charge in [0.15, 0.2) is 0 Å². The highest BCUT2D eigenvalue weighted by molar-refractivity contribution is 5.70. The topological polar surface area (TPSA) is 129 Å². The summed E-state index contributed by atoms with van der Waals surface area (Å²) < 4.78 is 19.6. The minimum absolute atomic E-state index is 0.0117. The van der Waals surface area contributed by atoms with Gasteiger partial charge in [0, 0.05) is 18.8 Å². The standard InChI is InChI=1S/C28H49N3O5.C17H34O3/c1-5-7-9-11-12-14-16-23(15-13-10-8-6-2)36-27(33)22-31-25(32)19-20-30(28(31)34)26-18-17-24(35-26)21-29(3)4;1-3-5-7-9-10-12-14-16(20-17(19)15-18)13-11-8-6-4-2/h19-20,23-24,26H,5-18,21-22H2,1-4H3;16,18H,3-15H2,1-2H3. The van der Waals surface area contributed by atoms with Gasteiger partial charge in [-0.1, -0.05) is 130 Å².